The molecule has 1 rings (SSSR count). The van der Waals surface area contributed by atoms with Crippen LogP contribution in [0.4, 0.5) is 0 Å². The van der Waals surface area contributed by atoms with Gasteiger partial charge < -0.3 is 10.2 Å². The maximum atomic E-state index is 10.9. The molecule has 4 nitrogen and oxygen atoms in total. The largest absolute Gasteiger partial charge is 0.481 e. The lowest BCUT2D eigenvalue weighted by Gasteiger charge is -2.11. The summed E-state index contributed by atoms with van der Waals surface area (Å²) in [4.78, 5) is 21.5. The van der Waals surface area contributed by atoms with Gasteiger partial charge in [0.05, 0.1) is 12.3 Å². The van der Waals surface area contributed by atoms with Gasteiger partial charge in [-0.25, -0.2) is 0 Å². The number of hydrogen-bond donors (Lipinski definition) is 2. The summed E-state index contributed by atoms with van der Waals surface area (Å²) in [5.41, 5.74) is 3.09. The Morgan fingerprint density at radius 1 is 1.18 bits per heavy atom. The van der Waals surface area contributed by atoms with Gasteiger partial charge >= 0.3 is 11.9 Å². The minimum absolute atomic E-state index is 0.253. The van der Waals surface area contributed by atoms with Crippen LogP contribution in [0.1, 0.15) is 23.1 Å². The summed E-state index contributed by atoms with van der Waals surface area (Å²) in [7, 11) is 0. The van der Waals surface area contributed by atoms with E-state index < -0.39 is 17.9 Å². The number of aliphatic carboxylic acids is 2. The van der Waals surface area contributed by atoms with E-state index in [1.54, 1.807) is 0 Å². The molecule has 0 saturated heterocycles. The molecular weight excluding hydrogens is 220 g/mol. The van der Waals surface area contributed by atoms with Gasteiger partial charge in [-0.1, -0.05) is 18.2 Å². The predicted molar refractivity (Wildman–Crippen MR) is 63.0 cm³/mol. The summed E-state index contributed by atoms with van der Waals surface area (Å²) < 4.78 is 0. The van der Waals surface area contributed by atoms with E-state index >= 15 is 0 Å². The quantitative estimate of drug-likeness (QED) is 0.820. The highest BCUT2D eigenvalue weighted by Gasteiger charge is 2.21. The van der Waals surface area contributed by atoms with E-state index in [0.717, 1.165) is 16.7 Å². The van der Waals surface area contributed by atoms with Crippen LogP contribution in [-0.2, 0) is 16.0 Å². The first-order chi connectivity index (χ1) is 7.90. The van der Waals surface area contributed by atoms with Crippen LogP contribution in [0.2, 0.25) is 0 Å². The molecule has 2 N–H and O–H groups in total. The molecule has 1 unspecified atom stereocenters. The molecule has 0 saturated carbocycles. The van der Waals surface area contributed by atoms with Gasteiger partial charge in [-0.15, -0.1) is 0 Å². The van der Waals surface area contributed by atoms with Crippen LogP contribution in [0.25, 0.3) is 0 Å². The molecule has 0 aromatic heterocycles. The van der Waals surface area contributed by atoms with E-state index in [1.807, 2.05) is 32.0 Å². The standard InChI is InChI=1S/C13H16O4/c1-8-3-4-10(5-9(8)2)6-11(13(16)17)7-12(14)15/h3-5,11H,6-7H2,1-2H3,(H,14,15)(H,16,17). The molecule has 4 heteroatoms. The van der Waals surface area contributed by atoms with Crippen LogP contribution in [-0.4, -0.2) is 22.2 Å². The zero-order valence-corrected chi connectivity index (χ0v) is 9.93. The van der Waals surface area contributed by atoms with Crippen molar-refractivity contribution in [1.29, 1.82) is 0 Å². The molecule has 0 aliphatic carbocycles. The average molecular weight is 236 g/mol. The Morgan fingerprint density at radius 3 is 2.29 bits per heavy atom. The van der Waals surface area contributed by atoms with Crippen molar-refractivity contribution in [2.45, 2.75) is 26.7 Å². The fraction of sp³-hybridized carbons (Fsp3) is 0.385. The number of carboxylic acids is 2. The van der Waals surface area contributed by atoms with Crippen LogP contribution in [0.15, 0.2) is 18.2 Å². The minimum atomic E-state index is -1.08. The van der Waals surface area contributed by atoms with Gasteiger partial charge in [0.2, 0.25) is 0 Å². The second-order valence-electron chi connectivity index (χ2n) is 4.26. The van der Waals surface area contributed by atoms with Crippen molar-refractivity contribution in [2.75, 3.05) is 0 Å². The van der Waals surface area contributed by atoms with Crippen molar-refractivity contribution < 1.29 is 19.8 Å². The van der Waals surface area contributed by atoms with Gasteiger partial charge in [0.25, 0.3) is 0 Å². The Kier molecular flexibility index (Phi) is 4.26. The molecule has 0 radical (unpaired) electrons. The molecule has 0 fully saturated rings. The Labute approximate surface area is 99.9 Å². The van der Waals surface area contributed by atoms with Crippen molar-refractivity contribution in [3.05, 3.63) is 34.9 Å². The third-order valence-electron chi connectivity index (χ3n) is 2.82. The molecule has 1 aromatic rings. The van der Waals surface area contributed by atoms with Gasteiger partial charge in [0, 0.05) is 0 Å². The van der Waals surface area contributed by atoms with Gasteiger partial charge in [-0.3, -0.25) is 9.59 Å². The first-order valence-electron chi connectivity index (χ1n) is 5.41. The van der Waals surface area contributed by atoms with Gasteiger partial charge in [0.15, 0.2) is 0 Å². The highest BCUT2D eigenvalue weighted by molar-refractivity contribution is 5.78. The third kappa shape index (κ3) is 3.90. The first-order valence-corrected chi connectivity index (χ1v) is 5.41. The summed E-state index contributed by atoms with van der Waals surface area (Å²) >= 11 is 0. The number of hydrogen-bond acceptors (Lipinski definition) is 2. The molecule has 1 aromatic carbocycles. The molecule has 0 bridgehead atoms. The lowest BCUT2D eigenvalue weighted by molar-refractivity contribution is -0.148. The lowest BCUT2D eigenvalue weighted by Crippen LogP contribution is -2.20. The zero-order valence-electron chi connectivity index (χ0n) is 9.93. The molecule has 1 atom stereocenters. The van der Waals surface area contributed by atoms with E-state index in [-0.39, 0.29) is 12.8 Å². The van der Waals surface area contributed by atoms with E-state index in [2.05, 4.69) is 0 Å². The molecule has 0 aliphatic heterocycles. The van der Waals surface area contributed by atoms with E-state index in [4.69, 9.17) is 10.2 Å². The Balaban J connectivity index is 2.82. The molecule has 92 valence electrons. The highest BCUT2D eigenvalue weighted by Crippen LogP contribution is 2.16. The smallest absolute Gasteiger partial charge is 0.307 e. The van der Waals surface area contributed by atoms with Gasteiger partial charge in [0.1, 0.15) is 0 Å². The van der Waals surface area contributed by atoms with Crippen molar-refractivity contribution in [1.82, 2.24) is 0 Å². The molecule has 17 heavy (non-hydrogen) atoms. The third-order valence-corrected chi connectivity index (χ3v) is 2.82. The van der Waals surface area contributed by atoms with E-state index in [9.17, 15) is 9.59 Å². The van der Waals surface area contributed by atoms with Crippen molar-refractivity contribution in [3.8, 4) is 0 Å². The Morgan fingerprint density at radius 2 is 1.82 bits per heavy atom. The summed E-state index contributed by atoms with van der Waals surface area (Å²) in [5, 5.41) is 17.6. The van der Waals surface area contributed by atoms with E-state index in [1.165, 1.54) is 0 Å². The maximum Gasteiger partial charge on any atom is 0.307 e. The highest BCUT2D eigenvalue weighted by atomic mass is 16.4. The number of carboxylic acid groups (broad SMARTS) is 2. The summed E-state index contributed by atoms with van der Waals surface area (Å²) in [6.07, 6.45) is -0.0923. The molecule has 0 spiro atoms. The van der Waals surface area contributed by atoms with Gasteiger partial charge in [-0.05, 0) is 37.0 Å². The SMILES string of the molecule is Cc1ccc(CC(CC(=O)O)C(=O)O)cc1C. The van der Waals surface area contributed by atoms with E-state index in [0.29, 0.717) is 0 Å². The fourth-order valence-corrected chi connectivity index (χ4v) is 1.67. The Hall–Kier alpha value is -1.84. The zero-order chi connectivity index (χ0) is 13.0. The second kappa shape index (κ2) is 5.48. The molecule has 0 aliphatic rings. The number of carbonyl (C=O) groups is 2. The minimum Gasteiger partial charge on any atom is -0.481 e. The van der Waals surface area contributed by atoms with Crippen LogP contribution in [0.5, 0.6) is 0 Å². The molecule has 0 heterocycles. The van der Waals surface area contributed by atoms with Crippen LogP contribution in [0, 0.1) is 19.8 Å². The normalized spacial score (nSPS) is 12.1. The number of aryl methyl sites for hydroxylation is 2. The first kappa shape index (κ1) is 13.2. The van der Waals surface area contributed by atoms with Crippen LogP contribution in [0.3, 0.4) is 0 Å². The molecule has 0 amide bonds. The Bertz CT molecular complexity index is 437. The fourth-order valence-electron chi connectivity index (χ4n) is 1.67. The van der Waals surface area contributed by atoms with Crippen molar-refractivity contribution in [2.24, 2.45) is 5.92 Å². The lowest BCUT2D eigenvalue weighted by atomic mass is 9.94. The average Bonchev–Trinajstić information content (AvgIpc) is 2.21. The van der Waals surface area contributed by atoms with Crippen molar-refractivity contribution in [3.63, 3.8) is 0 Å². The van der Waals surface area contributed by atoms with Crippen LogP contribution < -0.4 is 0 Å². The second-order valence-corrected chi connectivity index (χ2v) is 4.26. The van der Waals surface area contributed by atoms with Gasteiger partial charge in [-0.2, -0.15) is 0 Å². The topological polar surface area (TPSA) is 74.6 Å². The summed E-state index contributed by atoms with van der Waals surface area (Å²) in [6.45, 7) is 3.93. The molecular formula is C13H16O4. The van der Waals surface area contributed by atoms with Crippen molar-refractivity contribution >= 4 is 11.9 Å². The maximum absolute atomic E-state index is 10.9. The summed E-state index contributed by atoms with van der Waals surface area (Å²) in [6, 6.07) is 5.68. The number of benzene rings is 1. The monoisotopic (exact) mass is 236 g/mol. The summed E-state index contributed by atoms with van der Waals surface area (Å²) in [5.74, 6) is -3.01. The number of rotatable bonds is 5. The predicted octanol–water partition coefficient (Wildman–Crippen LogP) is 2.02. The van der Waals surface area contributed by atoms with Crippen LogP contribution >= 0.6 is 0 Å².